The van der Waals surface area contributed by atoms with Crippen molar-refractivity contribution < 1.29 is 18.0 Å². The van der Waals surface area contributed by atoms with Crippen molar-refractivity contribution in [2.45, 2.75) is 31.2 Å². The standard InChI is InChI=1S/C21H17Cl2F3N4O/c22-14-7-5-12(6-8-14)16-9-18(21(24,25)26)30-19(28-16)10-17(29-30)20(31)27-11-13-3-1-2-4-15(13)23/h1-8,10,16,18,28H,9,11H2,(H,27,31)/t16-,18-/m1/s1. The monoisotopic (exact) mass is 468 g/mol. The van der Waals surface area contributed by atoms with Gasteiger partial charge in [0.1, 0.15) is 5.82 Å². The third-order valence-electron chi connectivity index (χ3n) is 5.09. The normalized spacial score (nSPS) is 18.2. The summed E-state index contributed by atoms with van der Waals surface area (Å²) in [6.07, 6.45) is -4.79. The van der Waals surface area contributed by atoms with Gasteiger partial charge in [0.15, 0.2) is 11.7 Å². The number of fused-ring (bicyclic) bond motifs is 1. The molecule has 2 heterocycles. The second-order valence-electron chi connectivity index (χ2n) is 7.18. The summed E-state index contributed by atoms with van der Waals surface area (Å²) >= 11 is 12.0. The molecular weight excluding hydrogens is 452 g/mol. The molecule has 2 N–H and O–H groups in total. The average Bonchev–Trinajstić information content (AvgIpc) is 3.16. The maximum atomic E-state index is 13.8. The van der Waals surface area contributed by atoms with E-state index >= 15 is 0 Å². The van der Waals surface area contributed by atoms with Crippen LogP contribution in [0.5, 0.6) is 0 Å². The largest absolute Gasteiger partial charge is 0.410 e. The number of hydrogen-bond donors (Lipinski definition) is 2. The van der Waals surface area contributed by atoms with E-state index in [2.05, 4.69) is 15.7 Å². The quantitative estimate of drug-likeness (QED) is 0.510. The van der Waals surface area contributed by atoms with E-state index in [1.807, 2.05) is 0 Å². The number of carbonyl (C=O) groups excluding carboxylic acids is 1. The maximum Gasteiger partial charge on any atom is 0.410 e. The molecule has 1 amide bonds. The minimum Gasteiger partial charge on any atom is -0.363 e. The van der Waals surface area contributed by atoms with E-state index < -0.39 is 24.2 Å². The molecule has 1 aliphatic heterocycles. The molecule has 31 heavy (non-hydrogen) atoms. The molecule has 0 radical (unpaired) electrons. The first-order valence-corrected chi connectivity index (χ1v) is 10.2. The number of halogens is 5. The zero-order valence-electron chi connectivity index (χ0n) is 16.0. The Hall–Kier alpha value is -2.71. The molecule has 0 spiro atoms. The number of amides is 1. The highest BCUT2D eigenvalue weighted by Gasteiger charge is 2.46. The summed E-state index contributed by atoms with van der Waals surface area (Å²) < 4.78 is 42.1. The van der Waals surface area contributed by atoms with Crippen molar-refractivity contribution in [1.29, 1.82) is 0 Å². The fraction of sp³-hybridized carbons (Fsp3) is 0.238. The Balaban J connectivity index is 1.58. The molecule has 0 fully saturated rings. The SMILES string of the molecule is O=C(NCc1ccccc1Cl)c1cc2n(n1)[C@@H](C(F)(F)F)C[C@H](c1ccc(Cl)cc1)N2. The summed E-state index contributed by atoms with van der Waals surface area (Å²) in [5, 5.41) is 10.6. The maximum absolute atomic E-state index is 13.8. The molecule has 10 heteroatoms. The van der Waals surface area contributed by atoms with Crippen LogP contribution in [0.1, 0.15) is 40.1 Å². The predicted octanol–water partition coefficient (Wildman–Crippen LogP) is 5.78. The number of alkyl halides is 3. The van der Waals surface area contributed by atoms with Crippen LogP contribution in [0.4, 0.5) is 19.0 Å². The van der Waals surface area contributed by atoms with Gasteiger partial charge in [-0.25, -0.2) is 4.68 Å². The van der Waals surface area contributed by atoms with Crippen LogP contribution < -0.4 is 10.6 Å². The van der Waals surface area contributed by atoms with Gasteiger partial charge in [0.05, 0.1) is 6.04 Å². The van der Waals surface area contributed by atoms with Crippen molar-refractivity contribution in [3.63, 3.8) is 0 Å². The number of anilines is 1. The van der Waals surface area contributed by atoms with E-state index in [0.29, 0.717) is 21.2 Å². The van der Waals surface area contributed by atoms with E-state index in [1.54, 1.807) is 48.5 Å². The van der Waals surface area contributed by atoms with Gasteiger partial charge < -0.3 is 10.6 Å². The van der Waals surface area contributed by atoms with Crippen LogP contribution in [-0.2, 0) is 6.54 Å². The first-order valence-electron chi connectivity index (χ1n) is 9.42. The van der Waals surface area contributed by atoms with Crippen LogP contribution in [0.3, 0.4) is 0 Å². The van der Waals surface area contributed by atoms with Gasteiger partial charge in [-0.3, -0.25) is 4.79 Å². The Labute approximate surface area is 186 Å². The molecule has 2 atom stereocenters. The van der Waals surface area contributed by atoms with E-state index in [1.165, 1.54) is 6.07 Å². The van der Waals surface area contributed by atoms with Crippen LogP contribution in [0.15, 0.2) is 54.6 Å². The molecule has 3 aromatic rings. The first kappa shape index (κ1) is 21.5. The highest BCUT2D eigenvalue weighted by molar-refractivity contribution is 6.31. The highest BCUT2D eigenvalue weighted by Crippen LogP contribution is 2.43. The number of hydrogen-bond acceptors (Lipinski definition) is 3. The van der Waals surface area contributed by atoms with Gasteiger partial charge in [-0.2, -0.15) is 18.3 Å². The molecule has 2 aromatic carbocycles. The first-order chi connectivity index (χ1) is 14.7. The smallest absolute Gasteiger partial charge is 0.363 e. The fourth-order valence-electron chi connectivity index (χ4n) is 3.51. The topological polar surface area (TPSA) is 59.0 Å². The van der Waals surface area contributed by atoms with Gasteiger partial charge in [-0.15, -0.1) is 0 Å². The Bertz CT molecular complexity index is 1100. The molecule has 4 rings (SSSR count). The van der Waals surface area contributed by atoms with Gasteiger partial charge in [-0.1, -0.05) is 53.5 Å². The molecule has 1 aliphatic rings. The minimum atomic E-state index is -4.53. The third kappa shape index (κ3) is 4.65. The summed E-state index contributed by atoms with van der Waals surface area (Å²) in [5.41, 5.74) is 1.24. The second kappa shape index (κ2) is 8.43. The summed E-state index contributed by atoms with van der Waals surface area (Å²) in [6, 6.07) is 12.4. The highest BCUT2D eigenvalue weighted by atomic mass is 35.5. The lowest BCUT2D eigenvalue weighted by molar-refractivity contribution is -0.173. The van der Waals surface area contributed by atoms with Gasteiger partial charge in [0.25, 0.3) is 5.91 Å². The van der Waals surface area contributed by atoms with E-state index in [-0.39, 0.29) is 24.5 Å². The molecule has 0 bridgehead atoms. The summed E-state index contributed by atoms with van der Waals surface area (Å²) in [6.45, 7) is 0.129. The van der Waals surface area contributed by atoms with Gasteiger partial charge >= 0.3 is 6.18 Å². The van der Waals surface area contributed by atoms with Crippen LogP contribution in [-0.4, -0.2) is 21.9 Å². The fourth-order valence-corrected chi connectivity index (χ4v) is 3.83. The summed E-state index contributed by atoms with van der Waals surface area (Å²) in [5.74, 6) is -0.469. The Morgan fingerprint density at radius 3 is 2.55 bits per heavy atom. The molecule has 0 unspecified atom stereocenters. The van der Waals surface area contributed by atoms with E-state index in [9.17, 15) is 18.0 Å². The lowest BCUT2D eigenvalue weighted by atomic mass is 9.97. The van der Waals surface area contributed by atoms with Crippen LogP contribution in [0.25, 0.3) is 0 Å². The number of carbonyl (C=O) groups is 1. The van der Waals surface area contributed by atoms with Crippen molar-refractivity contribution in [3.05, 3.63) is 81.5 Å². The molecule has 1 aromatic heterocycles. The van der Waals surface area contributed by atoms with Crippen molar-refractivity contribution in [2.75, 3.05) is 5.32 Å². The molecule has 0 saturated carbocycles. The average molecular weight is 469 g/mol. The molecule has 0 aliphatic carbocycles. The predicted molar refractivity (Wildman–Crippen MR) is 112 cm³/mol. The van der Waals surface area contributed by atoms with Crippen molar-refractivity contribution in [2.24, 2.45) is 0 Å². The molecule has 5 nitrogen and oxygen atoms in total. The summed E-state index contributed by atoms with van der Waals surface area (Å²) in [4.78, 5) is 12.5. The second-order valence-corrected chi connectivity index (χ2v) is 8.02. The molecule has 162 valence electrons. The number of aromatic nitrogens is 2. The third-order valence-corrected chi connectivity index (χ3v) is 5.71. The zero-order chi connectivity index (χ0) is 22.2. The number of nitrogens with one attached hydrogen (secondary N) is 2. The molecular formula is C21H17Cl2F3N4O. The number of benzene rings is 2. The molecule has 0 saturated heterocycles. The van der Waals surface area contributed by atoms with Crippen LogP contribution >= 0.6 is 23.2 Å². The van der Waals surface area contributed by atoms with Crippen LogP contribution in [0.2, 0.25) is 10.0 Å². The van der Waals surface area contributed by atoms with E-state index in [0.717, 1.165) is 4.68 Å². The lowest BCUT2D eigenvalue weighted by Gasteiger charge is -2.33. The Kier molecular flexibility index (Phi) is 5.85. The Morgan fingerprint density at radius 2 is 1.87 bits per heavy atom. The van der Waals surface area contributed by atoms with Crippen molar-refractivity contribution in [3.8, 4) is 0 Å². The Morgan fingerprint density at radius 1 is 1.16 bits per heavy atom. The van der Waals surface area contributed by atoms with E-state index in [4.69, 9.17) is 23.2 Å². The van der Waals surface area contributed by atoms with Crippen molar-refractivity contribution in [1.82, 2.24) is 15.1 Å². The summed E-state index contributed by atoms with van der Waals surface area (Å²) in [7, 11) is 0. The van der Waals surface area contributed by atoms with Gasteiger partial charge in [0, 0.05) is 29.1 Å². The van der Waals surface area contributed by atoms with Gasteiger partial charge in [0.2, 0.25) is 0 Å². The number of rotatable bonds is 4. The zero-order valence-corrected chi connectivity index (χ0v) is 17.5. The number of nitrogens with zero attached hydrogens (tertiary/aromatic N) is 2. The van der Waals surface area contributed by atoms with Gasteiger partial charge in [-0.05, 0) is 29.3 Å². The van der Waals surface area contributed by atoms with Crippen LogP contribution in [0, 0.1) is 0 Å². The van der Waals surface area contributed by atoms with Crippen molar-refractivity contribution >= 4 is 34.9 Å². The lowest BCUT2D eigenvalue weighted by Crippen LogP contribution is -2.35. The minimum absolute atomic E-state index is 0.111.